The van der Waals surface area contributed by atoms with Crippen LogP contribution in [0, 0.1) is 5.92 Å². The van der Waals surface area contributed by atoms with Gasteiger partial charge in [-0.3, -0.25) is 4.79 Å². The topological polar surface area (TPSA) is 78.9 Å². The van der Waals surface area contributed by atoms with E-state index in [0.717, 1.165) is 25.9 Å². The number of ether oxygens (including phenoxy) is 1. The fourth-order valence-electron chi connectivity index (χ4n) is 2.11. The first-order chi connectivity index (χ1) is 8.99. The molecule has 0 saturated carbocycles. The fraction of sp³-hybridized carbons (Fsp3) is 0.846. The third-order valence-electron chi connectivity index (χ3n) is 3.22. The third-order valence-corrected chi connectivity index (χ3v) is 3.22. The van der Waals surface area contributed by atoms with Gasteiger partial charge in [-0.05, 0) is 25.2 Å². The van der Waals surface area contributed by atoms with Gasteiger partial charge in [-0.25, -0.2) is 4.79 Å². The highest BCUT2D eigenvalue weighted by Crippen LogP contribution is 2.13. The normalized spacial score (nSPS) is 20.6. The summed E-state index contributed by atoms with van der Waals surface area (Å²) in [6.45, 7) is 3.54. The van der Waals surface area contributed by atoms with Crippen molar-refractivity contribution in [2.75, 3.05) is 26.7 Å². The van der Waals surface area contributed by atoms with Gasteiger partial charge >= 0.3 is 12.0 Å². The van der Waals surface area contributed by atoms with Gasteiger partial charge in [-0.1, -0.05) is 6.92 Å². The summed E-state index contributed by atoms with van der Waals surface area (Å²) < 4.78 is 5.58. The lowest BCUT2D eigenvalue weighted by atomic mass is 10.1. The van der Waals surface area contributed by atoms with E-state index in [4.69, 9.17) is 9.84 Å². The first-order valence-corrected chi connectivity index (χ1v) is 6.81. The summed E-state index contributed by atoms with van der Waals surface area (Å²) in [5.74, 6) is -0.911. The molecule has 6 nitrogen and oxygen atoms in total. The second kappa shape index (κ2) is 7.99. The minimum absolute atomic E-state index is 0.0652. The summed E-state index contributed by atoms with van der Waals surface area (Å²) in [5.41, 5.74) is 0. The molecule has 1 fully saturated rings. The van der Waals surface area contributed by atoms with E-state index in [9.17, 15) is 9.59 Å². The number of nitrogens with one attached hydrogen (secondary N) is 1. The van der Waals surface area contributed by atoms with Crippen LogP contribution in [0.1, 0.15) is 32.6 Å². The summed E-state index contributed by atoms with van der Waals surface area (Å²) in [4.78, 5) is 23.9. The number of carboxylic acids is 1. The molecule has 0 spiro atoms. The molecule has 0 radical (unpaired) electrons. The van der Waals surface area contributed by atoms with Gasteiger partial charge < -0.3 is 20.1 Å². The van der Waals surface area contributed by atoms with E-state index < -0.39 is 5.97 Å². The quantitative estimate of drug-likeness (QED) is 0.764. The zero-order valence-electron chi connectivity index (χ0n) is 11.7. The van der Waals surface area contributed by atoms with E-state index in [1.807, 2.05) is 0 Å². The van der Waals surface area contributed by atoms with E-state index in [-0.39, 0.29) is 24.5 Å². The monoisotopic (exact) mass is 272 g/mol. The molecule has 0 bridgehead atoms. The lowest BCUT2D eigenvalue weighted by Crippen LogP contribution is -2.43. The Hall–Kier alpha value is -1.30. The molecule has 1 rings (SSSR count). The predicted molar refractivity (Wildman–Crippen MR) is 71.0 cm³/mol. The van der Waals surface area contributed by atoms with Crippen molar-refractivity contribution in [2.24, 2.45) is 5.92 Å². The molecule has 6 heteroatoms. The zero-order valence-corrected chi connectivity index (χ0v) is 11.7. The molecule has 0 aromatic carbocycles. The number of carboxylic acid groups (broad SMARTS) is 1. The van der Waals surface area contributed by atoms with Crippen molar-refractivity contribution in [2.45, 2.75) is 38.7 Å². The summed E-state index contributed by atoms with van der Waals surface area (Å²) in [5, 5.41) is 11.4. The Balaban J connectivity index is 2.22. The molecule has 2 unspecified atom stereocenters. The van der Waals surface area contributed by atoms with Gasteiger partial charge in [0.25, 0.3) is 0 Å². The maximum Gasteiger partial charge on any atom is 0.317 e. The minimum atomic E-state index is -0.842. The first kappa shape index (κ1) is 15.8. The predicted octanol–water partition coefficient (Wildman–Crippen LogP) is 1.31. The Bertz CT molecular complexity index is 303. The zero-order chi connectivity index (χ0) is 14.3. The van der Waals surface area contributed by atoms with Crippen LogP contribution in [0.2, 0.25) is 0 Å². The lowest BCUT2D eigenvalue weighted by molar-refractivity contribution is -0.137. The largest absolute Gasteiger partial charge is 0.481 e. The molecular formula is C13H24N2O4. The number of carbonyl (C=O) groups excluding carboxylic acids is 1. The number of hydrogen-bond acceptors (Lipinski definition) is 3. The van der Waals surface area contributed by atoms with Crippen molar-refractivity contribution in [3.63, 3.8) is 0 Å². The molecule has 110 valence electrons. The van der Waals surface area contributed by atoms with Crippen molar-refractivity contribution in [1.29, 1.82) is 0 Å². The van der Waals surface area contributed by atoms with E-state index in [1.54, 1.807) is 18.9 Å². The molecule has 1 aliphatic heterocycles. The molecule has 0 aliphatic carbocycles. The Morgan fingerprint density at radius 3 is 2.79 bits per heavy atom. The maximum absolute atomic E-state index is 11.8. The van der Waals surface area contributed by atoms with E-state index in [2.05, 4.69) is 5.32 Å². The van der Waals surface area contributed by atoms with Crippen molar-refractivity contribution >= 4 is 12.0 Å². The molecule has 0 aromatic heterocycles. The summed E-state index contributed by atoms with van der Waals surface area (Å²) in [6.07, 6.45) is 3.43. The summed E-state index contributed by atoms with van der Waals surface area (Å²) in [6, 6.07) is -0.175. The maximum atomic E-state index is 11.8. The Morgan fingerprint density at radius 1 is 1.47 bits per heavy atom. The SMILES string of the molecule is CC(CNC(=O)N(C)CC1CCCCO1)CC(=O)O. The number of amides is 2. The van der Waals surface area contributed by atoms with Gasteiger partial charge in [0.15, 0.2) is 0 Å². The van der Waals surface area contributed by atoms with Crippen molar-refractivity contribution in [1.82, 2.24) is 10.2 Å². The van der Waals surface area contributed by atoms with Gasteiger partial charge in [-0.2, -0.15) is 0 Å². The van der Waals surface area contributed by atoms with Crippen molar-refractivity contribution in [3.8, 4) is 0 Å². The average Bonchev–Trinajstić information content (AvgIpc) is 2.36. The number of aliphatic carboxylic acids is 1. The van der Waals surface area contributed by atoms with Crippen LogP contribution >= 0.6 is 0 Å². The van der Waals surface area contributed by atoms with Crippen molar-refractivity contribution < 1.29 is 19.4 Å². The third kappa shape index (κ3) is 6.42. The van der Waals surface area contributed by atoms with Crippen LogP contribution in [-0.2, 0) is 9.53 Å². The van der Waals surface area contributed by atoms with Crippen LogP contribution in [0.5, 0.6) is 0 Å². The number of rotatable bonds is 6. The fourth-order valence-corrected chi connectivity index (χ4v) is 2.11. The standard InChI is InChI=1S/C13H24N2O4/c1-10(7-12(16)17)8-14-13(18)15(2)9-11-5-3-4-6-19-11/h10-11H,3-9H2,1-2H3,(H,14,18)(H,16,17). The molecule has 2 atom stereocenters. The van der Waals surface area contributed by atoms with Crippen molar-refractivity contribution in [3.05, 3.63) is 0 Å². The average molecular weight is 272 g/mol. The highest BCUT2D eigenvalue weighted by Gasteiger charge is 2.19. The number of carbonyl (C=O) groups is 2. The second-order valence-corrected chi connectivity index (χ2v) is 5.26. The van der Waals surface area contributed by atoms with E-state index in [1.165, 1.54) is 0 Å². The van der Waals surface area contributed by atoms with Crippen LogP contribution in [0.15, 0.2) is 0 Å². The number of nitrogens with zero attached hydrogens (tertiary/aromatic N) is 1. The molecule has 1 saturated heterocycles. The van der Waals surface area contributed by atoms with Crippen LogP contribution in [0.4, 0.5) is 4.79 Å². The highest BCUT2D eigenvalue weighted by molar-refractivity contribution is 5.74. The van der Waals surface area contributed by atoms with Gasteiger partial charge in [-0.15, -0.1) is 0 Å². The molecule has 1 heterocycles. The van der Waals surface area contributed by atoms with Crippen LogP contribution < -0.4 is 5.32 Å². The Kier molecular flexibility index (Phi) is 6.62. The van der Waals surface area contributed by atoms with Crippen LogP contribution in [0.25, 0.3) is 0 Å². The number of hydrogen-bond donors (Lipinski definition) is 2. The van der Waals surface area contributed by atoms with Crippen LogP contribution in [-0.4, -0.2) is 54.9 Å². The molecular weight excluding hydrogens is 248 g/mol. The van der Waals surface area contributed by atoms with Gasteiger partial charge in [0, 0.05) is 33.2 Å². The molecule has 2 amide bonds. The summed E-state index contributed by atoms with van der Waals surface area (Å²) >= 11 is 0. The van der Waals surface area contributed by atoms with E-state index in [0.29, 0.717) is 13.1 Å². The first-order valence-electron chi connectivity index (χ1n) is 6.81. The summed E-state index contributed by atoms with van der Waals surface area (Å²) in [7, 11) is 1.73. The Morgan fingerprint density at radius 2 is 2.21 bits per heavy atom. The van der Waals surface area contributed by atoms with E-state index >= 15 is 0 Å². The van der Waals surface area contributed by atoms with Gasteiger partial charge in [0.1, 0.15) is 0 Å². The minimum Gasteiger partial charge on any atom is -0.481 e. The molecule has 2 N–H and O–H groups in total. The highest BCUT2D eigenvalue weighted by atomic mass is 16.5. The smallest absolute Gasteiger partial charge is 0.317 e. The number of likely N-dealkylation sites (N-methyl/N-ethyl adjacent to an activating group) is 1. The number of urea groups is 1. The van der Waals surface area contributed by atoms with Gasteiger partial charge in [0.2, 0.25) is 0 Å². The lowest BCUT2D eigenvalue weighted by Gasteiger charge is -2.27. The Labute approximate surface area is 114 Å². The van der Waals surface area contributed by atoms with Gasteiger partial charge in [0.05, 0.1) is 6.10 Å². The molecule has 0 aromatic rings. The molecule has 1 aliphatic rings. The second-order valence-electron chi connectivity index (χ2n) is 5.26. The van der Waals surface area contributed by atoms with Crippen LogP contribution in [0.3, 0.4) is 0 Å². The molecule has 19 heavy (non-hydrogen) atoms.